The number of hydrogen-bond acceptors (Lipinski definition) is 4. The van der Waals surface area contributed by atoms with Gasteiger partial charge < -0.3 is 20.5 Å². The van der Waals surface area contributed by atoms with Gasteiger partial charge in [-0.2, -0.15) is 0 Å². The van der Waals surface area contributed by atoms with Crippen LogP contribution in [0.1, 0.15) is 28.9 Å². The van der Waals surface area contributed by atoms with Crippen molar-refractivity contribution in [2.24, 2.45) is 5.73 Å². The number of primary amides is 1. The zero-order chi connectivity index (χ0) is 20.1. The van der Waals surface area contributed by atoms with Crippen molar-refractivity contribution in [1.82, 2.24) is 5.32 Å². The van der Waals surface area contributed by atoms with Crippen LogP contribution in [0.5, 0.6) is 11.5 Å². The van der Waals surface area contributed by atoms with Crippen LogP contribution in [0.4, 0.5) is 8.78 Å². The van der Waals surface area contributed by atoms with E-state index < -0.39 is 36.1 Å². The Morgan fingerprint density at radius 2 is 1.93 bits per heavy atom. The highest BCUT2D eigenvalue weighted by Crippen LogP contribution is 2.36. The third-order valence-corrected chi connectivity index (χ3v) is 3.92. The lowest BCUT2D eigenvalue weighted by atomic mass is 10.1. The average molecular weight is 399 g/mol. The van der Waals surface area contributed by atoms with E-state index >= 15 is 0 Å². The molecule has 2 aromatic carbocycles. The summed E-state index contributed by atoms with van der Waals surface area (Å²) in [5.74, 6) is -2.99. The van der Waals surface area contributed by atoms with Crippen LogP contribution in [0.15, 0.2) is 30.3 Å². The van der Waals surface area contributed by atoms with Gasteiger partial charge in [0.2, 0.25) is 0 Å². The summed E-state index contributed by atoms with van der Waals surface area (Å²) in [7, 11) is 1.34. The third-order valence-electron chi connectivity index (χ3n) is 3.64. The number of carbonyl (C=O) groups excluding carboxylic acids is 2. The minimum Gasteiger partial charge on any atom is -0.493 e. The molecule has 0 heterocycles. The van der Waals surface area contributed by atoms with Gasteiger partial charge in [-0.1, -0.05) is 17.7 Å². The number of hydrogen-bond donors (Lipinski definition) is 2. The van der Waals surface area contributed by atoms with Gasteiger partial charge in [0.25, 0.3) is 11.8 Å². The molecule has 6 nitrogen and oxygen atoms in total. The van der Waals surface area contributed by atoms with Gasteiger partial charge >= 0.3 is 0 Å². The molecule has 9 heteroatoms. The molecule has 2 amide bonds. The lowest BCUT2D eigenvalue weighted by Crippen LogP contribution is -2.27. The Bertz CT molecular complexity index is 877. The minimum absolute atomic E-state index is 0.0428. The van der Waals surface area contributed by atoms with Crippen LogP contribution < -0.4 is 20.5 Å². The van der Waals surface area contributed by atoms with Crippen LogP contribution in [0.25, 0.3) is 0 Å². The molecule has 3 N–H and O–H groups in total. The highest BCUT2D eigenvalue weighted by Gasteiger charge is 2.19. The molecule has 0 radical (unpaired) electrons. The smallest absolute Gasteiger partial charge is 0.255 e. The van der Waals surface area contributed by atoms with E-state index in [9.17, 15) is 18.4 Å². The minimum atomic E-state index is -1.01. The fraction of sp³-hybridized carbons (Fsp3) is 0.222. The average Bonchev–Trinajstić information content (AvgIpc) is 2.61. The molecule has 0 aliphatic rings. The lowest BCUT2D eigenvalue weighted by molar-refractivity contribution is -0.119. The SMILES string of the molecule is COc1cc(C(=O)NC(C)c2ccc(F)c(F)c2)cc(Cl)c1OCC(N)=O. The molecule has 27 heavy (non-hydrogen) atoms. The molecule has 0 aliphatic carbocycles. The summed E-state index contributed by atoms with van der Waals surface area (Å²) in [4.78, 5) is 23.3. The van der Waals surface area contributed by atoms with E-state index in [1.54, 1.807) is 6.92 Å². The first-order valence-corrected chi connectivity index (χ1v) is 8.15. The molecule has 0 bridgehead atoms. The Labute approximate surface area is 159 Å². The van der Waals surface area contributed by atoms with E-state index in [0.29, 0.717) is 5.56 Å². The number of ether oxygens (including phenoxy) is 2. The fourth-order valence-corrected chi connectivity index (χ4v) is 2.54. The molecule has 0 saturated carbocycles. The summed E-state index contributed by atoms with van der Waals surface area (Å²) in [6.45, 7) is 1.21. The fourth-order valence-electron chi connectivity index (χ4n) is 2.28. The summed E-state index contributed by atoms with van der Waals surface area (Å²) in [5, 5.41) is 2.69. The third kappa shape index (κ3) is 5.07. The molecule has 2 aromatic rings. The zero-order valence-corrected chi connectivity index (χ0v) is 15.3. The van der Waals surface area contributed by atoms with E-state index in [-0.39, 0.29) is 22.1 Å². The quantitative estimate of drug-likeness (QED) is 0.750. The largest absolute Gasteiger partial charge is 0.493 e. The molecule has 1 unspecified atom stereocenters. The van der Waals surface area contributed by atoms with Gasteiger partial charge in [-0.3, -0.25) is 9.59 Å². The first-order chi connectivity index (χ1) is 12.7. The van der Waals surface area contributed by atoms with E-state index in [1.807, 2.05) is 0 Å². The zero-order valence-electron chi connectivity index (χ0n) is 14.5. The van der Waals surface area contributed by atoms with Crippen molar-refractivity contribution in [3.05, 3.63) is 58.1 Å². The van der Waals surface area contributed by atoms with Crippen molar-refractivity contribution in [2.45, 2.75) is 13.0 Å². The number of halogens is 3. The summed E-state index contributed by atoms with van der Waals surface area (Å²) >= 11 is 6.10. The standard InChI is InChI=1S/C18H17ClF2N2O4/c1-9(10-3-4-13(20)14(21)6-10)23-18(25)11-5-12(19)17(15(7-11)26-2)27-8-16(22)24/h3-7,9H,8H2,1-2H3,(H2,22,24)(H,23,25). The van der Waals surface area contributed by atoms with Crippen LogP contribution in [-0.4, -0.2) is 25.5 Å². The van der Waals surface area contributed by atoms with Crippen molar-refractivity contribution >= 4 is 23.4 Å². The van der Waals surface area contributed by atoms with Crippen molar-refractivity contribution in [3.63, 3.8) is 0 Å². The molecular weight excluding hydrogens is 382 g/mol. The van der Waals surface area contributed by atoms with Gasteiger partial charge in [0.1, 0.15) is 0 Å². The second-order valence-electron chi connectivity index (χ2n) is 5.61. The van der Waals surface area contributed by atoms with E-state index in [4.69, 9.17) is 26.8 Å². The molecule has 144 valence electrons. The van der Waals surface area contributed by atoms with Crippen molar-refractivity contribution in [1.29, 1.82) is 0 Å². The number of carbonyl (C=O) groups is 2. The molecule has 0 saturated heterocycles. The van der Waals surface area contributed by atoms with Gasteiger partial charge in [0, 0.05) is 5.56 Å². The summed E-state index contributed by atoms with van der Waals surface area (Å²) in [5.41, 5.74) is 5.57. The maximum atomic E-state index is 13.4. The van der Waals surface area contributed by atoms with Crippen LogP contribution >= 0.6 is 11.6 Å². The molecule has 0 fully saturated rings. The number of methoxy groups -OCH3 is 1. The van der Waals surface area contributed by atoms with Gasteiger partial charge in [-0.15, -0.1) is 0 Å². The number of nitrogens with one attached hydrogen (secondary N) is 1. The Kier molecular flexibility index (Phi) is 6.57. The van der Waals surface area contributed by atoms with E-state index in [0.717, 1.165) is 12.1 Å². The maximum absolute atomic E-state index is 13.4. The summed E-state index contributed by atoms with van der Waals surface area (Å²) in [6.07, 6.45) is 0. The molecule has 0 aromatic heterocycles. The van der Waals surface area contributed by atoms with E-state index in [1.165, 1.54) is 25.3 Å². The summed E-state index contributed by atoms with van der Waals surface area (Å²) in [6, 6.07) is 5.47. The van der Waals surface area contributed by atoms with Crippen LogP contribution in [0, 0.1) is 11.6 Å². The van der Waals surface area contributed by atoms with Gasteiger partial charge in [-0.25, -0.2) is 8.78 Å². The maximum Gasteiger partial charge on any atom is 0.255 e. The second kappa shape index (κ2) is 8.68. The van der Waals surface area contributed by atoms with Crippen molar-refractivity contribution in [3.8, 4) is 11.5 Å². The topological polar surface area (TPSA) is 90.7 Å². The lowest BCUT2D eigenvalue weighted by Gasteiger charge is -2.16. The normalized spacial score (nSPS) is 11.6. The number of amides is 2. The molecule has 1 atom stereocenters. The van der Waals surface area contributed by atoms with Gasteiger partial charge in [0.05, 0.1) is 18.2 Å². The Morgan fingerprint density at radius 3 is 2.52 bits per heavy atom. The Morgan fingerprint density at radius 1 is 1.22 bits per heavy atom. The summed E-state index contributed by atoms with van der Waals surface area (Å²) < 4.78 is 36.7. The number of benzene rings is 2. The monoisotopic (exact) mass is 398 g/mol. The first-order valence-electron chi connectivity index (χ1n) is 7.77. The van der Waals surface area contributed by atoms with E-state index in [2.05, 4.69) is 5.32 Å². The van der Waals surface area contributed by atoms with Crippen molar-refractivity contribution < 1.29 is 27.8 Å². The van der Waals surface area contributed by atoms with Crippen LogP contribution in [0.2, 0.25) is 5.02 Å². The second-order valence-corrected chi connectivity index (χ2v) is 6.02. The molecule has 0 spiro atoms. The molecule has 2 rings (SSSR count). The number of nitrogens with two attached hydrogens (primary N) is 1. The Hall–Kier alpha value is -2.87. The highest BCUT2D eigenvalue weighted by atomic mass is 35.5. The highest BCUT2D eigenvalue weighted by molar-refractivity contribution is 6.32. The van der Waals surface area contributed by atoms with Crippen LogP contribution in [-0.2, 0) is 4.79 Å². The predicted molar refractivity (Wildman–Crippen MR) is 94.9 cm³/mol. The van der Waals surface area contributed by atoms with Gasteiger partial charge in [0.15, 0.2) is 29.7 Å². The van der Waals surface area contributed by atoms with Gasteiger partial charge in [-0.05, 0) is 36.8 Å². The predicted octanol–water partition coefficient (Wildman–Crippen LogP) is 2.98. The van der Waals surface area contributed by atoms with Crippen molar-refractivity contribution in [2.75, 3.05) is 13.7 Å². The number of rotatable bonds is 7. The molecule has 0 aliphatic heterocycles. The van der Waals surface area contributed by atoms with Crippen LogP contribution in [0.3, 0.4) is 0 Å². The first kappa shape index (κ1) is 20.4. The molecular formula is C18H17ClF2N2O4. The Balaban J connectivity index is 2.21.